The number of hydrogen-bond acceptors (Lipinski definition) is 2. The van der Waals surface area contributed by atoms with Crippen LogP contribution in [0.25, 0.3) is 4.98 Å². The Morgan fingerprint density at radius 3 is 2.36 bits per heavy atom. The molecule has 0 unspecified atom stereocenters. The molecule has 1 aromatic rings. The molecule has 0 bridgehead atoms. The SMILES string of the molecule is Cc1c(Cl)cc([N+]#N)c(C(F)(F)F)c1NC1CCCCC1.[Cl-]. The van der Waals surface area contributed by atoms with E-state index in [0.29, 0.717) is 5.56 Å². The van der Waals surface area contributed by atoms with Crippen molar-refractivity contribution in [1.29, 1.82) is 5.39 Å². The van der Waals surface area contributed by atoms with Gasteiger partial charge in [0.25, 0.3) is 0 Å². The highest BCUT2D eigenvalue weighted by molar-refractivity contribution is 6.32. The molecule has 122 valence electrons. The van der Waals surface area contributed by atoms with Gasteiger partial charge in [-0.25, -0.2) is 0 Å². The summed E-state index contributed by atoms with van der Waals surface area (Å²) in [6, 6.07) is 1.02. The van der Waals surface area contributed by atoms with E-state index in [4.69, 9.17) is 17.0 Å². The predicted octanol–water partition coefficient (Wildman–Crippen LogP) is 2.90. The normalized spacial score (nSPS) is 15.8. The van der Waals surface area contributed by atoms with E-state index >= 15 is 0 Å². The lowest BCUT2D eigenvalue weighted by Gasteiger charge is -2.26. The highest BCUT2D eigenvalue weighted by atomic mass is 35.5. The molecular formula is C14H16Cl2F3N3. The molecule has 1 aromatic carbocycles. The standard InChI is InChI=1S/C14H16ClF3N3.ClH/c1-8-10(15)7-11(21-19)12(14(16,17)18)13(8)20-9-5-3-2-4-6-9;/h7,9,20H,2-6H2,1H3;1H/q+1;/p-1. The van der Waals surface area contributed by atoms with Gasteiger partial charge in [0.05, 0.1) is 16.8 Å². The second-order valence-electron chi connectivity index (χ2n) is 5.33. The maximum atomic E-state index is 13.3. The van der Waals surface area contributed by atoms with Crippen LogP contribution in [0.15, 0.2) is 6.07 Å². The largest absolute Gasteiger partial charge is 1.00 e. The van der Waals surface area contributed by atoms with Crippen LogP contribution >= 0.6 is 11.6 Å². The lowest BCUT2D eigenvalue weighted by molar-refractivity contribution is -0.136. The Morgan fingerprint density at radius 2 is 1.86 bits per heavy atom. The molecule has 1 fully saturated rings. The van der Waals surface area contributed by atoms with Gasteiger partial charge in [0.2, 0.25) is 5.39 Å². The molecule has 0 heterocycles. The first-order chi connectivity index (χ1) is 9.84. The number of benzene rings is 1. The minimum Gasteiger partial charge on any atom is -1.00 e. The summed E-state index contributed by atoms with van der Waals surface area (Å²) in [5.41, 5.74) is -1.27. The molecule has 1 N–H and O–H groups in total. The summed E-state index contributed by atoms with van der Waals surface area (Å²) >= 11 is 5.96. The molecule has 0 saturated heterocycles. The fraction of sp³-hybridized carbons (Fsp3) is 0.571. The quantitative estimate of drug-likeness (QED) is 0.830. The zero-order valence-corrected chi connectivity index (χ0v) is 13.5. The van der Waals surface area contributed by atoms with E-state index < -0.39 is 17.4 Å². The van der Waals surface area contributed by atoms with Gasteiger partial charge in [0, 0.05) is 6.04 Å². The van der Waals surface area contributed by atoms with E-state index in [9.17, 15) is 13.2 Å². The Kier molecular flexibility index (Phi) is 6.33. The smallest absolute Gasteiger partial charge is 0.426 e. The minimum atomic E-state index is -4.62. The van der Waals surface area contributed by atoms with Crippen molar-refractivity contribution in [1.82, 2.24) is 0 Å². The number of alkyl halides is 3. The van der Waals surface area contributed by atoms with Gasteiger partial charge in [-0.15, -0.1) is 0 Å². The monoisotopic (exact) mass is 353 g/mol. The van der Waals surface area contributed by atoms with Crippen LogP contribution in [0.4, 0.5) is 24.5 Å². The molecule has 0 radical (unpaired) electrons. The van der Waals surface area contributed by atoms with Crippen molar-refractivity contribution >= 4 is 23.0 Å². The molecule has 0 atom stereocenters. The van der Waals surface area contributed by atoms with E-state index in [1.54, 1.807) is 0 Å². The molecule has 0 amide bonds. The maximum absolute atomic E-state index is 13.3. The third-order valence-corrected chi connectivity index (χ3v) is 4.24. The third kappa shape index (κ3) is 3.96. The summed E-state index contributed by atoms with van der Waals surface area (Å²) in [6.07, 6.45) is 0.138. The van der Waals surface area contributed by atoms with Crippen LogP contribution in [-0.4, -0.2) is 6.04 Å². The first kappa shape index (κ1) is 18.9. The number of nitrogens with one attached hydrogen (secondary N) is 1. The van der Waals surface area contributed by atoms with E-state index in [2.05, 4.69) is 10.3 Å². The molecule has 3 nitrogen and oxygen atoms in total. The summed E-state index contributed by atoms with van der Waals surface area (Å²) in [4.78, 5) is 2.75. The van der Waals surface area contributed by atoms with Crippen molar-refractivity contribution in [3.8, 4) is 0 Å². The molecule has 22 heavy (non-hydrogen) atoms. The second-order valence-corrected chi connectivity index (χ2v) is 5.74. The molecule has 0 aliphatic heterocycles. The summed E-state index contributed by atoms with van der Waals surface area (Å²) < 4.78 is 39.9. The lowest BCUT2D eigenvalue weighted by atomic mass is 9.94. The fourth-order valence-corrected chi connectivity index (χ4v) is 2.93. The molecule has 8 heteroatoms. The van der Waals surface area contributed by atoms with E-state index in [0.717, 1.165) is 38.2 Å². The first-order valence-electron chi connectivity index (χ1n) is 6.86. The number of nitrogens with zero attached hydrogens (tertiary/aromatic N) is 2. The van der Waals surface area contributed by atoms with Crippen molar-refractivity contribution in [2.75, 3.05) is 5.32 Å². The first-order valence-corrected chi connectivity index (χ1v) is 7.24. The Bertz CT molecular complexity index is 576. The number of hydrogen-bond donors (Lipinski definition) is 1. The third-order valence-electron chi connectivity index (χ3n) is 3.85. The van der Waals surface area contributed by atoms with Gasteiger partial charge >= 0.3 is 11.9 Å². The number of diazo groups is 1. The van der Waals surface area contributed by atoms with Crippen LogP contribution in [0.5, 0.6) is 0 Å². The van der Waals surface area contributed by atoms with Crippen molar-refractivity contribution < 1.29 is 25.6 Å². The summed E-state index contributed by atoms with van der Waals surface area (Å²) in [7, 11) is 0. The van der Waals surface area contributed by atoms with Gasteiger partial charge in [-0.2, -0.15) is 13.2 Å². The Hall–Kier alpha value is -1.19. The number of anilines is 1. The molecular weight excluding hydrogens is 338 g/mol. The summed E-state index contributed by atoms with van der Waals surface area (Å²) in [6.45, 7) is 1.53. The zero-order chi connectivity index (χ0) is 15.6. The Morgan fingerprint density at radius 1 is 1.27 bits per heavy atom. The predicted molar refractivity (Wildman–Crippen MR) is 76.4 cm³/mol. The Balaban J connectivity index is 0.00000242. The molecule has 1 saturated carbocycles. The van der Waals surface area contributed by atoms with Gasteiger partial charge < -0.3 is 17.7 Å². The number of halogens is 5. The molecule has 2 rings (SSSR count). The van der Waals surface area contributed by atoms with Gasteiger partial charge in [-0.05, 0) is 25.3 Å². The van der Waals surface area contributed by atoms with E-state index in [1.807, 2.05) is 0 Å². The van der Waals surface area contributed by atoms with E-state index in [1.165, 1.54) is 6.92 Å². The van der Waals surface area contributed by atoms with Gasteiger partial charge in [-0.3, -0.25) is 0 Å². The van der Waals surface area contributed by atoms with Crippen LogP contribution in [0.1, 0.15) is 43.2 Å². The highest BCUT2D eigenvalue weighted by Crippen LogP contribution is 2.46. The van der Waals surface area contributed by atoms with Crippen LogP contribution in [0.2, 0.25) is 5.02 Å². The summed E-state index contributed by atoms with van der Waals surface area (Å²) in [5, 5.41) is 12.0. The van der Waals surface area contributed by atoms with Crippen LogP contribution in [-0.2, 0) is 6.18 Å². The minimum absolute atomic E-state index is 0. The lowest BCUT2D eigenvalue weighted by Crippen LogP contribution is -3.00. The topological polar surface area (TPSA) is 40.2 Å². The van der Waals surface area contributed by atoms with Crippen molar-refractivity contribution in [3.05, 3.63) is 27.2 Å². The van der Waals surface area contributed by atoms with Crippen molar-refractivity contribution in [3.63, 3.8) is 0 Å². The van der Waals surface area contributed by atoms with Crippen LogP contribution in [0, 0.1) is 12.3 Å². The maximum Gasteiger partial charge on any atom is 0.426 e. The molecule has 0 aromatic heterocycles. The van der Waals surface area contributed by atoms with Gasteiger partial charge in [-0.1, -0.05) is 30.9 Å². The van der Waals surface area contributed by atoms with Gasteiger partial charge in [0.15, 0.2) is 10.5 Å². The van der Waals surface area contributed by atoms with Crippen molar-refractivity contribution in [2.24, 2.45) is 0 Å². The highest BCUT2D eigenvalue weighted by Gasteiger charge is 2.43. The number of rotatable bonds is 2. The van der Waals surface area contributed by atoms with Crippen molar-refractivity contribution in [2.45, 2.75) is 51.2 Å². The average molecular weight is 354 g/mol. The molecule has 1 aliphatic carbocycles. The van der Waals surface area contributed by atoms with Gasteiger partial charge in [0.1, 0.15) is 0 Å². The van der Waals surface area contributed by atoms with Crippen LogP contribution < -0.4 is 17.7 Å². The summed E-state index contributed by atoms with van der Waals surface area (Å²) in [5.74, 6) is 0. The molecule has 1 aliphatic rings. The van der Waals surface area contributed by atoms with E-state index in [-0.39, 0.29) is 29.2 Å². The zero-order valence-electron chi connectivity index (χ0n) is 12.0. The molecule has 0 spiro atoms. The average Bonchev–Trinajstić information content (AvgIpc) is 2.43. The second kappa shape index (κ2) is 7.38. The Labute approximate surface area is 138 Å². The van der Waals surface area contributed by atoms with Crippen LogP contribution in [0.3, 0.4) is 0 Å². The fourth-order valence-electron chi connectivity index (χ4n) is 2.73.